The van der Waals surface area contributed by atoms with Crippen molar-refractivity contribution in [3.05, 3.63) is 45.7 Å². The molecule has 0 aliphatic heterocycles. The Labute approximate surface area is 130 Å². The molecule has 0 unspecified atom stereocenters. The standard InChI is InChI=1S/C15H15N5OS/c21-12-6-10(19-14(20-12)9-2-1-3-9)7-16-15-13-11(4-5-22-13)17-8-18-15/h4-6,8-9H,1-3,7H2,(H,16,17,18)(H,19,20,21). The zero-order valence-electron chi connectivity index (χ0n) is 11.9. The third-order valence-corrected chi connectivity index (χ3v) is 4.90. The van der Waals surface area contributed by atoms with Crippen LogP contribution in [0.1, 0.15) is 36.7 Å². The molecule has 0 radical (unpaired) electrons. The van der Waals surface area contributed by atoms with Gasteiger partial charge in [0.05, 0.1) is 22.5 Å². The fourth-order valence-electron chi connectivity index (χ4n) is 2.58. The van der Waals surface area contributed by atoms with E-state index in [1.807, 2.05) is 11.4 Å². The van der Waals surface area contributed by atoms with Crippen LogP contribution < -0.4 is 10.9 Å². The van der Waals surface area contributed by atoms with Crippen LogP contribution in [0.3, 0.4) is 0 Å². The number of rotatable bonds is 4. The highest BCUT2D eigenvalue weighted by Crippen LogP contribution is 2.33. The Morgan fingerprint density at radius 2 is 2.27 bits per heavy atom. The number of anilines is 1. The minimum absolute atomic E-state index is 0.0855. The average Bonchev–Trinajstić information content (AvgIpc) is 2.91. The molecule has 6 nitrogen and oxygen atoms in total. The zero-order valence-corrected chi connectivity index (χ0v) is 12.7. The number of aromatic amines is 1. The number of aromatic nitrogens is 4. The van der Waals surface area contributed by atoms with Crippen LogP contribution in [0.15, 0.2) is 28.6 Å². The van der Waals surface area contributed by atoms with Gasteiger partial charge in [0.1, 0.15) is 18.0 Å². The lowest BCUT2D eigenvalue weighted by molar-refractivity contribution is 0.399. The molecule has 22 heavy (non-hydrogen) atoms. The lowest BCUT2D eigenvalue weighted by atomic mass is 9.85. The highest BCUT2D eigenvalue weighted by Gasteiger charge is 2.22. The Bertz CT molecular complexity index is 867. The number of H-pyrrole nitrogens is 1. The average molecular weight is 313 g/mol. The van der Waals surface area contributed by atoms with Gasteiger partial charge in [0.25, 0.3) is 5.56 Å². The molecule has 1 fully saturated rings. The first-order valence-electron chi connectivity index (χ1n) is 7.32. The summed E-state index contributed by atoms with van der Waals surface area (Å²) in [5.41, 5.74) is 1.59. The molecule has 0 saturated heterocycles. The van der Waals surface area contributed by atoms with Gasteiger partial charge < -0.3 is 10.3 Å². The Kier molecular flexibility index (Phi) is 3.34. The Hall–Kier alpha value is -2.28. The van der Waals surface area contributed by atoms with Gasteiger partial charge in [-0.2, -0.15) is 0 Å². The predicted molar refractivity (Wildman–Crippen MR) is 86.2 cm³/mol. The third kappa shape index (κ3) is 2.48. The first-order chi connectivity index (χ1) is 10.8. The highest BCUT2D eigenvalue weighted by molar-refractivity contribution is 7.17. The molecule has 7 heteroatoms. The van der Waals surface area contributed by atoms with Gasteiger partial charge in [0.2, 0.25) is 0 Å². The maximum absolute atomic E-state index is 11.8. The molecule has 4 rings (SSSR count). The number of nitrogens with one attached hydrogen (secondary N) is 2. The van der Waals surface area contributed by atoms with Crippen LogP contribution in [0.2, 0.25) is 0 Å². The SMILES string of the molecule is O=c1cc(CNc2ncnc3ccsc23)nc(C2CCC2)[nH]1. The molecule has 0 amide bonds. The number of hydrogen-bond donors (Lipinski definition) is 2. The van der Waals surface area contributed by atoms with Gasteiger partial charge in [-0.25, -0.2) is 15.0 Å². The molecule has 1 aliphatic carbocycles. The molecule has 0 aromatic carbocycles. The molecule has 112 valence electrons. The van der Waals surface area contributed by atoms with E-state index in [0.717, 1.165) is 40.4 Å². The minimum Gasteiger partial charge on any atom is -0.363 e. The van der Waals surface area contributed by atoms with Gasteiger partial charge in [-0.15, -0.1) is 11.3 Å². The quantitative estimate of drug-likeness (QED) is 0.773. The molecule has 3 heterocycles. The molecule has 2 N–H and O–H groups in total. The summed E-state index contributed by atoms with van der Waals surface area (Å²) in [7, 11) is 0. The van der Waals surface area contributed by atoms with Gasteiger partial charge in [-0.3, -0.25) is 4.79 Å². The van der Waals surface area contributed by atoms with E-state index in [4.69, 9.17) is 0 Å². The van der Waals surface area contributed by atoms with E-state index in [1.165, 1.54) is 6.42 Å². The molecule has 1 aliphatic rings. The Morgan fingerprint density at radius 1 is 1.36 bits per heavy atom. The molecule has 3 aromatic heterocycles. The lowest BCUT2D eigenvalue weighted by Gasteiger charge is -2.24. The van der Waals surface area contributed by atoms with Crippen LogP contribution in [0, 0.1) is 0 Å². The summed E-state index contributed by atoms with van der Waals surface area (Å²) in [4.78, 5) is 27.7. The van der Waals surface area contributed by atoms with Crippen molar-refractivity contribution < 1.29 is 0 Å². The highest BCUT2D eigenvalue weighted by atomic mass is 32.1. The van der Waals surface area contributed by atoms with Crippen molar-refractivity contribution in [2.45, 2.75) is 31.7 Å². The van der Waals surface area contributed by atoms with Gasteiger partial charge >= 0.3 is 0 Å². The van der Waals surface area contributed by atoms with E-state index < -0.39 is 0 Å². The van der Waals surface area contributed by atoms with E-state index in [2.05, 4.69) is 25.3 Å². The topological polar surface area (TPSA) is 83.6 Å². The normalized spacial score (nSPS) is 14.9. The molecule has 1 saturated carbocycles. The predicted octanol–water partition coefficient (Wildman–Crippen LogP) is 2.65. The van der Waals surface area contributed by atoms with Crippen LogP contribution >= 0.6 is 11.3 Å². The van der Waals surface area contributed by atoms with Crippen molar-refractivity contribution in [1.82, 2.24) is 19.9 Å². The molecule has 0 spiro atoms. The minimum atomic E-state index is -0.0855. The van der Waals surface area contributed by atoms with Gasteiger partial charge in [-0.1, -0.05) is 6.42 Å². The van der Waals surface area contributed by atoms with Gasteiger partial charge in [0.15, 0.2) is 0 Å². The van der Waals surface area contributed by atoms with E-state index in [0.29, 0.717) is 12.5 Å². The fraction of sp³-hybridized carbons (Fsp3) is 0.333. The summed E-state index contributed by atoms with van der Waals surface area (Å²) in [6, 6.07) is 3.51. The third-order valence-electron chi connectivity index (χ3n) is 3.99. The summed E-state index contributed by atoms with van der Waals surface area (Å²) in [6.07, 6.45) is 4.99. The Morgan fingerprint density at radius 3 is 3.09 bits per heavy atom. The zero-order chi connectivity index (χ0) is 14.9. The number of hydrogen-bond acceptors (Lipinski definition) is 6. The monoisotopic (exact) mass is 313 g/mol. The smallest absolute Gasteiger partial charge is 0.251 e. The second-order valence-electron chi connectivity index (χ2n) is 5.46. The number of fused-ring (bicyclic) bond motifs is 1. The van der Waals surface area contributed by atoms with Crippen LogP contribution in [0.4, 0.5) is 5.82 Å². The molecule has 3 aromatic rings. The van der Waals surface area contributed by atoms with E-state index in [1.54, 1.807) is 23.7 Å². The summed E-state index contributed by atoms with van der Waals surface area (Å²) in [5.74, 6) is 2.02. The van der Waals surface area contributed by atoms with Crippen molar-refractivity contribution in [2.24, 2.45) is 0 Å². The van der Waals surface area contributed by atoms with Crippen molar-refractivity contribution in [1.29, 1.82) is 0 Å². The Balaban J connectivity index is 1.57. The summed E-state index contributed by atoms with van der Waals surface area (Å²) in [5, 5.41) is 5.25. The summed E-state index contributed by atoms with van der Waals surface area (Å²) in [6.45, 7) is 0.480. The van der Waals surface area contributed by atoms with E-state index in [9.17, 15) is 4.79 Å². The summed E-state index contributed by atoms with van der Waals surface area (Å²) < 4.78 is 1.02. The van der Waals surface area contributed by atoms with Gasteiger partial charge in [-0.05, 0) is 24.3 Å². The number of nitrogens with zero attached hydrogens (tertiary/aromatic N) is 3. The second-order valence-corrected chi connectivity index (χ2v) is 6.38. The maximum Gasteiger partial charge on any atom is 0.251 e. The van der Waals surface area contributed by atoms with Gasteiger partial charge in [0, 0.05) is 12.0 Å². The lowest BCUT2D eigenvalue weighted by Crippen LogP contribution is -2.20. The van der Waals surface area contributed by atoms with Crippen molar-refractivity contribution >= 4 is 27.4 Å². The molecule has 0 bridgehead atoms. The molecule has 0 atom stereocenters. The van der Waals surface area contributed by atoms with Crippen LogP contribution in [0.25, 0.3) is 10.2 Å². The van der Waals surface area contributed by atoms with E-state index in [-0.39, 0.29) is 5.56 Å². The van der Waals surface area contributed by atoms with E-state index >= 15 is 0 Å². The first kappa shape index (κ1) is 13.4. The second kappa shape index (κ2) is 5.49. The molecular formula is C15H15N5OS. The van der Waals surface area contributed by atoms with Crippen LogP contribution in [-0.2, 0) is 6.54 Å². The van der Waals surface area contributed by atoms with Crippen molar-refractivity contribution in [2.75, 3.05) is 5.32 Å². The van der Waals surface area contributed by atoms with Crippen LogP contribution in [0.5, 0.6) is 0 Å². The van der Waals surface area contributed by atoms with Crippen LogP contribution in [-0.4, -0.2) is 19.9 Å². The number of thiophene rings is 1. The fourth-order valence-corrected chi connectivity index (χ4v) is 3.39. The maximum atomic E-state index is 11.8. The first-order valence-corrected chi connectivity index (χ1v) is 8.20. The van der Waals surface area contributed by atoms with Crippen molar-refractivity contribution in [3.8, 4) is 0 Å². The van der Waals surface area contributed by atoms with Crippen molar-refractivity contribution in [3.63, 3.8) is 0 Å². The summed E-state index contributed by atoms with van der Waals surface area (Å²) >= 11 is 1.60. The largest absolute Gasteiger partial charge is 0.363 e. The molecular weight excluding hydrogens is 298 g/mol.